The van der Waals surface area contributed by atoms with Gasteiger partial charge in [-0.2, -0.15) is 0 Å². The van der Waals surface area contributed by atoms with Crippen molar-refractivity contribution in [3.8, 4) is 0 Å². The second-order valence-corrected chi connectivity index (χ2v) is 2.62. The fourth-order valence-electron chi connectivity index (χ4n) is 0.565. The van der Waals surface area contributed by atoms with Crippen LogP contribution in [0.2, 0.25) is 0 Å². The molecule has 0 fully saturated rings. The summed E-state index contributed by atoms with van der Waals surface area (Å²) in [4.78, 5) is 28.6. The van der Waals surface area contributed by atoms with Gasteiger partial charge in [-0.25, -0.2) is 9.59 Å². The van der Waals surface area contributed by atoms with Gasteiger partial charge in [-0.3, -0.25) is 9.78 Å². The Morgan fingerprint density at radius 1 is 1.20 bits per heavy atom. The van der Waals surface area contributed by atoms with Gasteiger partial charge in [0, 0.05) is 12.0 Å². The standard InChI is InChI=1S/C7H12O8/c1-4(9)13-15-14-7(12)2-5(10)6(11)3-8/h5-6,8,10-11H,2-3H2,1H3. The Hall–Kier alpha value is -1.22. The Morgan fingerprint density at radius 3 is 2.27 bits per heavy atom. The molecule has 2 atom stereocenters. The van der Waals surface area contributed by atoms with Crippen molar-refractivity contribution in [3.63, 3.8) is 0 Å². The van der Waals surface area contributed by atoms with Crippen LogP contribution in [0.5, 0.6) is 0 Å². The molecule has 0 saturated carbocycles. The molecule has 0 spiro atoms. The van der Waals surface area contributed by atoms with E-state index in [1.54, 1.807) is 0 Å². The molecule has 0 aromatic carbocycles. The van der Waals surface area contributed by atoms with Crippen LogP contribution in [0.1, 0.15) is 13.3 Å². The maximum absolute atomic E-state index is 10.8. The maximum Gasteiger partial charge on any atom is 0.349 e. The van der Waals surface area contributed by atoms with E-state index in [9.17, 15) is 9.59 Å². The van der Waals surface area contributed by atoms with Crippen LogP contribution in [0.25, 0.3) is 0 Å². The smallest absolute Gasteiger partial charge is 0.349 e. The van der Waals surface area contributed by atoms with Crippen LogP contribution in [0.4, 0.5) is 0 Å². The minimum Gasteiger partial charge on any atom is -0.394 e. The molecule has 0 heterocycles. The topological polar surface area (TPSA) is 123 Å². The lowest BCUT2D eigenvalue weighted by molar-refractivity contribution is -0.459. The van der Waals surface area contributed by atoms with Crippen molar-refractivity contribution in [1.82, 2.24) is 0 Å². The number of carbonyl (C=O) groups is 2. The van der Waals surface area contributed by atoms with Crippen LogP contribution >= 0.6 is 0 Å². The molecular formula is C7H12O8. The summed E-state index contributed by atoms with van der Waals surface area (Å²) in [7, 11) is 0. The predicted octanol–water partition coefficient (Wildman–Crippen LogP) is -1.96. The van der Waals surface area contributed by atoms with Crippen molar-refractivity contribution in [2.75, 3.05) is 6.61 Å². The van der Waals surface area contributed by atoms with Crippen molar-refractivity contribution in [2.24, 2.45) is 0 Å². The highest BCUT2D eigenvalue weighted by Crippen LogP contribution is 2.00. The molecular weight excluding hydrogens is 212 g/mol. The minimum absolute atomic E-state index is 0.608. The van der Waals surface area contributed by atoms with Crippen LogP contribution in [0, 0.1) is 0 Å². The third-order valence-corrected chi connectivity index (χ3v) is 1.29. The van der Waals surface area contributed by atoms with Gasteiger partial charge in [-0.1, -0.05) is 0 Å². The van der Waals surface area contributed by atoms with E-state index in [1.807, 2.05) is 0 Å². The van der Waals surface area contributed by atoms with E-state index in [2.05, 4.69) is 14.8 Å². The summed E-state index contributed by atoms with van der Waals surface area (Å²) in [6.07, 6.45) is -3.54. The summed E-state index contributed by atoms with van der Waals surface area (Å²) in [5.41, 5.74) is 0. The van der Waals surface area contributed by atoms with Gasteiger partial charge < -0.3 is 15.3 Å². The zero-order valence-corrected chi connectivity index (χ0v) is 7.95. The number of aliphatic hydroxyl groups excluding tert-OH is 3. The lowest BCUT2D eigenvalue weighted by atomic mass is 10.1. The van der Waals surface area contributed by atoms with Crippen molar-refractivity contribution in [3.05, 3.63) is 0 Å². The van der Waals surface area contributed by atoms with Crippen molar-refractivity contribution >= 4 is 11.9 Å². The van der Waals surface area contributed by atoms with Gasteiger partial charge in [0.25, 0.3) is 0 Å². The Bertz CT molecular complexity index is 215. The van der Waals surface area contributed by atoms with Crippen LogP contribution in [-0.2, 0) is 24.4 Å². The van der Waals surface area contributed by atoms with E-state index in [0.717, 1.165) is 6.92 Å². The molecule has 0 aliphatic heterocycles. The number of aliphatic hydroxyl groups is 3. The van der Waals surface area contributed by atoms with Gasteiger partial charge in [0.05, 0.1) is 19.1 Å². The van der Waals surface area contributed by atoms with Crippen molar-refractivity contribution < 1.29 is 39.7 Å². The van der Waals surface area contributed by atoms with Gasteiger partial charge in [0.2, 0.25) is 0 Å². The molecule has 0 rings (SSSR count). The Balaban J connectivity index is 3.69. The van der Waals surface area contributed by atoms with Gasteiger partial charge in [0.15, 0.2) is 0 Å². The predicted molar refractivity (Wildman–Crippen MR) is 42.7 cm³/mol. The third-order valence-electron chi connectivity index (χ3n) is 1.29. The average Bonchev–Trinajstić information content (AvgIpc) is 2.15. The van der Waals surface area contributed by atoms with Crippen molar-refractivity contribution in [2.45, 2.75) is 25.6 Å². The highest BCUT2D eigenvalue weighted by Gasteiger charge is 2.20. The molecule has 15 heavy (non-hydrogen) atoms. The van der Waals surface area contributed by atoms with E-state index in [1.165, 1.54) is 0 Å². The average molecular weight is 224 g/mol. The summed E-state index contributed by atoms with van der Waals surface area (Å²) in [5, 5.41) is 30.0. The highest BCUT2D eigenvalue weighted by molar-refractivity contribution is 5.69. The first-order valence-electron chi connectivity index (χ1n) is 3.99. The second kappa shape index (κ2) is 7.12. The van der Waals surface area contributed by atoms with Gasteiger partial charge >= 0.3 is 11.9 Å². The van der Waals surface area contributed by atoms with E-state index >= 15 is 0 Å². The molecule has 3 N–H and O–H groups in total. The number of hydrogen-bond donors (Lipinski definition) is 3. The molecule has 0 radical (unpaired) electrons. The van der Waals surface area contributed by atoms with Gasteiger partial charge in [-0.15, -0.1) is 0 Å². The molecule has 8 heteroatoms. The molecule has 0 aromatic rings. The molecule has 0 bridgehead atoms. The van der Waals surface area contributed by atoms with Crippen LogP contribution in [0.15, 0.2) is 0 Å². The summed E-state index contributed by atoms with van der Waals surface area (Å²) in [5.74, 6) is -1.88. The largest absolute Gasteiger partial charge is 0.394 e. The Morgan fingerprint density at radius 2 is 1.80 bits per heavy atom. The lowest BCUT2D eigenvalue weighted by Crippen LogP contribution is -2.31. The molecule has 0 aliphatic rings. The fraction of sp³-hybridized carbons (Fsp3) is 0.714. The highest BCUT2D eigenvalue weighted by atomic mass is 17.5. The molecule has 0 saturated heterocycles. The summed E-state index contributed by atoms with van der Waals surface area (Å²) >= 11 is 0. The molecule has 0 aromatic heterocycles. The Labute approximate surface area is 84.8 Å². The first-order chi connectivity index (χ1) is 6.97. The first-order valence-corrected chi connectivity index (χ1v) is 3.99. The molecule has 0 aliphatic carbocycles. The number of rotatable bonds is 6. The van der Waals surface area contributed by atoms with Gasteiger partial charge in [0.1, 0.15) is 6.10 Å². The zero-order valence-electron chi connectivity index (χ0n) is 7.95. The fourth-order valence-corrected chi connectivity index (χ4v) is 0.565. The Kier molecular flexibility index (Phi) is 6.54. The van der Waals surface area contributed by atoms with Crippen LogP contribution in [-0.4, -0.2) is 46.1 Å². The normalized spacial score (nSPS) is 14.1. The second-order valence-electron chi connectivity index (χ2n) is 2.62. The van der Waals surface area contributed by atoms with Crippen LogP contribution < -0.4 is 0 Å². The summed E-state index contributed by atoms with van der Waals surface area (Å²) in [6.45, 7) is 0.331. The monoisotopic (exact) mass is 224 g/mol. The third kappa shape index (κ3) is 6.80. The van der Waals surface area contributed by atoms with Crippen molar-refractivity contribution in [1.29, 1.82) is 0 Å². The number of carbonyl (C=O) groups excluding carboxylic acids is 2. The molecule has 8 nitrogen and oxygen atoms in total. The minimum atomic E-state index is -1.48. The lowest BCUT2D eigenvalue weighted by Gasteiger charge is -2.13. The number of hydrogen-bond acceptors (Lipinski definition) is 8. The summed E-state index contributed by atoms with van der Waals surface area (Å²) in [6, 6.07) is 0. The quantitative estimate of drug-likeness (QED) is 0.351. The van der Waals surface area contributed by atoms with E-state index in [4.69, 9.17) is 15.3 Å². The first kappa shape index (κ1) is 13.8. The van der Waals surface area contributed by atoms with E-state index < -0.39 is 37.2 Å². The molecule has 88 valence electrons. The molecule has 2 unspecified atom stereocenters. The SMILES string of the molecule is CC(=O)OOOC(=O)CC(O)C(O)CO. The molecule has 0 amide bonds. The van der Waals surface area contributed by atoms with Crippen LogP contribution in [0.3, 0.4) is 0 Å². The zero-order chi connectivity index (χ0) is 11.8. The van der Waals surface area contributed by atoms with Gasteiger partial charge in [-0.05, 0) is 0 Å². The maximum atomic E-state index is 10.8. The van der Waals surface area contributed by atoms with E-state index in [0.29, 0.717) is 0 Å². The van der Waals surface area contributed by atoms with E-state index in [-0.39, 0.29) is 0 Å². The summed E-state index contributed by atoms with van der Waals surface area (Å²) < 4.78 is 0.